The molecule has 1 aliphatic carbocycles. The summed E-state index contributed by atoms with van der Waals surface area (Å²) in [5.74, 6) is 1.78. The van der Waals surface area contributed by atoms with Gasteiger partial charge >= 0.3 is 0 Å². The maximum atomic E-state index is 12.5. The highest BCUT2D eigenvalue weighted by Crippen LogP contribution is 2.49. The third-order valence-electron chi connectivity index (χ3n) is 4.54. The predicted molar refractivity (Wildman–Crippen MR) is 70.5 cm³/mol. The Bertz CT molecular complexity index is 442. The highest BCUT2D eigenvalue weighted by Gasteiger charge is 2.48. The zero-order chi connectivity index (χ0) is 13.4. The molecule has 1 amide bonds. The predicted octanol–water partition coefficient (Wildman–Crippen LogP) is 2.00. The molecule has 0 spiro atoms. The lowest BCUT2D eigenvalue weighted by molar-refractivity contribution is -0.137. The van der Waals surface area contributed by atoms with Crippen LogP contribution in [0.25, 0.3) is 0 Å². The number of hydrogen-bond acceptors (Lipinski definition) is 3. The van der Waals surface area contributed by atoms with E-state index in [0.717, 1.165) is 25.0 Å². The fraction of sp³-hybridized carbons (Fsp3) is 0.667. The van der Waals surface area contributed by atoms with Gasteiger partial charge in [0, 0.05) is 31.0 Å². The monoisotopic (exact) mass is 263 g/mol. The summed E-state index contributed by atoms with van der Waals surface area (Å²) in [4.78, 5) is 14.5. The molecule has 3 rings (SSSR count). The van der Waals surface area contributed by atoms with E-state index in [1.54, 1.807) is 6.26 Å². The van der Waals surface area contributed by atoms with Crippen molar-refractivity contribution in [1.29, 1.82) is 0 Å². The molecule has 4 unspecified atom stereocenters. The van der Waals surface area contributed by atoms with E-state index in [9.17, 15) is 9.90 Å². The number of aliphatic hydroxyl groups is 1. The second-order valence-electron chi connectivity index (χ2n) is 5.93. The molecule has 1 saturated heterocycles. The topological polar surface area (TPSA) is 53.7 Å². The van der Waals surface area contributed by atoms with Gasteiger partial charge in [-0.05, 0) is 44.2 Å². The number of furan rings is 1. The van der Waals surface area contributed by atoms with E-state index in [1.165, 1.54) is 0 Å². The molecule has 1 aromatic heterocycles. The summed E-state index contributed by atoms with van der Waals surface area (Å²) >= 11 is 0. The molecule has 4 heteroatoms. The van der Waals surface area contributed by atoms with E-state index in [-0.39, 0.29) is 30.3 Å². The second kappa shape index (κ2) is 5.00. The molecule has 0 aromatic carbocycles. The number of carbonyl (C=O) groups is 1. The Kier molecular flexibility index (Phi) is 3.35. The third kappa shape index (κ3) is 2.41. The first-order valence-electron chi connectivity index (χ1n) is 7.15. The van der Waals surface area contributed by atoms with Gasteiger partial charge in [-0.25, -0.2) is 0 Å². The molecule has 0 radical (unpaired) electrons. The van der Waals surface area contributed by atoms with Crippen LogP contribution in [-0.2, 0) is 4.79 Å². The van der Waals surface area contributed by atoms with Crippen molar-refractivity contribution < 1.29 is 14.3 Å². The minimum absolute atomic E-state index is 0.0889. The molecule has 1 aliphatic heterocycles. The van der Waals surface area contributed by atoms with Crippen molar-refractivity contribution in [3.05, 3.63) is 24.2 Å². The second-order valence-corrected chi connectivity index (χ2v) is 5.93. The summed E-state index contributed by atoms with van der Waals surface area (Å²) in [5, 5.41) is 9.28. The van der Waals surface area contributed by atoms with Crippen molar-refractivity contribution in [2.24, 2.45) is 11.8 Å². The first kappa shape index (κ1) is 12.7. The van der Waals surface area contributed by atoms with Crippen LogP contribution in [0.2, 0.25) is 0 Å². The number of hydrogen-bond donors (Lipinski definition) is 1. The molecule has 4 nitrogen and oxygen atoms in total. The van der Waals surface area contributed by atoms with E-state index >= 15 is 0 Å². The highest BCUT2D eigenvalue weighted by atomic mass is 16.3. The Labute approximate surface area is 113 Å². The van der Waals surface area contributed by atoms with E-state index in [0.29, 0.717) is 12.6 Å². The molecule has 0 bridgehead atoms. The van der Waals surface area contributed by atoms with Gasteiger partial charge in [-0.3, -0.25) is 4.79 Å². The standard InChI is InChI=1S/C15H21NO3/c1-10-4-5-11(9-17)8-16(10)15(18)13-7-12(13)14-3-2-6-19-14/h2-3,6,10-13,17H,4-5,7-9H2,1H3. The summed E-state index contributed by atoms with van der Waals surface area (Å²) < 4.78 is 5.38. The first-order valence-corrected chi connectivity index (χ1v) is 7.15. The normalized spacial score (nSPS) is 34.3. The van der Waals surface area contributed by atoms with Gasteiger partial charge in [0.25, 0.3) is 0 Å². The van der Waals surface area contributed by atoms with Crippen LogP contribution in [-0.4, -0.2) is 35.1 Å². The van der Waals surface area contributed by atoms with Crippen LogP contribution in [0.3, 0.4) is 0 Å². The van der Waals surface area contributed by atoms with Crippen LogP contribution in [0.5, 0.6) is 0 Å². The van der Waals surface area contributed by atoms with E-state index in [1.807, 2.05) is 17.0 Å². The van der Waals surface area contributed by atoms with Crippen LogP contribution in [0.15, 0.2) is 22.8 Å². The number of aliphatic hydroxyl groups excluding tert-OH is 1. The van der Waals surface area contributed by atoms with Crippen LogP contribution in [0, 0.1) is 11.8 Å². The SMILES string of the molecule is CC1CCC(CO)CN1C(=O)C1CC1c1ccco1. The largest absolute Gasteiger partial charge is 0.469 e. The molecule has 1 saturated carbocycles. The van der Waals surface area contributed by atoms with Crippen molar-refractivity contribution in [3.63, 3.8) is 0 Å². The summed E-state index contributed by atoms with van der Waals surface area (Å²) in [6, 6.07) is 4.13. The summed E-state index contributed by atoms with van der Waals surface area (Å²) in [7, 11) is 0. The number of amides is 1. The van der Waals surface area contributed by atoms with E-state index < -0.39 is 0 Å². The lowest BCUT2D eigenvalue weighted by Crippen LogP contribution is -2.47. The molecule has 2 fully saturated rings. The van der Waals surface area contributed by atoms with Gasteiger partial charge in [0.15, 0.2) is 0 Å². The molecule has 1 N–H and O–H groups in total. The Hall–Kier alpha value is -1.29. The molecule has 1 aromatic rings. The highest BCUT2D eigenvalue weighted by molar-refractivity contribution is 5.83. The molecule has 19 heavy (non-hydrogen) atoms. The number of nitrogens with zero attached hydrogens (tertiary/aromatic N) is 1. The molecule has 2 aliphatic rings. The van der Waals surface area contributed by atoms with Gasteiger partial charge in [-0.15, -0.1) is 0 Å². The summed E-state index contributed by atoms with van der Waals surface area (Å²) in [6.07, 6.45) is 4.59. The maximum Gasteiger partial charge on any atom is 0.226 e. The van der Waals surface area contributed by atoms with Crippen LogP contribution in [0.4, 0.5) is 0 Å². The van der Waals surface area contributed by atoms with Crippen LogP contribution in [0.1, 0.15) is 37.9 Å². The van der Waals surface area contributed by atoms with E-state index in [2.05, 4.69) is 6.92 Å². The van der Waals surface area contributed by atoms with Crippen molar-refractivity contribution in [1.82, 2.24) is 4.90 Å². The number of likely N-dealkylation sites (tertiary alicyclic amines) is 1. The Balaban J connectivity index is 1.64. The van der Waals surface area contributed by atoms with Crippen LogP contribution >= 0.6 is 0 Å². The molecule has 2 heterocycles. The summed E-state index contributed by atoms with van der Waals surface area (Å²) in [5.41, 5.74) is 0. The van der Waals surface area contributed by atoms with Gasteiger partial charge < -0.3 is 14.4 Å². The van der Waals surface area contributed by atoms with Crippen molar-refractivity contribution >= 4 is 5.91 Å². The number of piperidine rings is 1. The molecular weight excluding hydrogens is 242 g/mol. The summed E-state index contributed by atoms with van der Waals surface area (Å²) in [6.45, 7) is 3.00. The quantitative estimate of drug-likeness (QED) is 0.907. The Morgan fingerprint density at radius 1 is 1.53 bits per heavy atom. The van der Waals surface area contributed by atoms with Gasteiger partial charge in [0.2, 0.25) is 5.91 Å². The zero-order valence-corrected chi connectivity index (χ0v) is 11.3. The van der Waals surface area contributed by atoms with Crippen LogP contribution < -0.4 is 0 Å². The smallest absolute Gasteiger partial charge is 0.226 e. The molecule has 4 atom stereocenters. The Morgan fingerprint density at radius 2 is 2.37 bits per heavy atom. The molecule has 104 valence electrons. The molecular formula is C15H21NO3. The van der Waals surface area contributed by atoms with Crippen molar-refractivity contribution in [3.8, 4) is 0 Å². The van der Waals surface area contributed by atoms with Crippen molar-refractivity contribution in [2.45, 2.75) is 38.1 Å². The average Bonchev–Trinajstić information content (AvgIpc) is 3.04. The van der Waals surface area contributed by atoms with Gasteiger partial charge in [-0.1, -0.05) is 0 Å². The van der Waals surface area contributed by atoms with Gasteiger partial charge in [0.05, 0.1) is 6.26 Å². The lowest BCUT2D eigenvalue weighted by atomic mass is 9.93. The Morgan fingerprint density at radius 3 is 3.05 bits per heavy atom. The van der Waals surface area contributed by atoms with Gasteiger partial charge in [-0.2, -0.15) is 0 Å². The maximum absolute atomic E-state index is 12.5. The van der Waals surface area contributed by atoms with Crippen molar-refractivity contribution in [2.75, 3.05) is 13.2 Å². The fourth-order valence-electron chi connectivity index (χ4n) is 3.14. The van der Waals surface area contributed by atoms with Gasteiger partial charge in [0.1, 0.15) is 5.76 Å². The van der Waals surface area contributed by atoms with E-state index in [4.69, 9.17) is 4.42 Å². The average molecular weight is 263 g/mol. The lowest BCUT2D eigenvalue weighted by Gasteiger charge is -2.37. The zero-order valence-electron chi connectivity index (χ0n) is 11.3. The third-order valence-corrected chi connectivity index (χ3v) is 4.54. The minimum atomic E-state index is 0.0889. The first-order chi connectivity index (χ1) is 9.20. The number of carbonyl (C=O) groups excluding carboxylic acids is 1. The number of rotatable bonds is 3. The minimum Gasteiger partial charge on any atom is -0.469 e. The fourth-order valence-corrected chi connectivity index (χ4v) is 3.14.